The molecule has 0 spiro atoms. The van der Waals surface area contributed by atoms with Crippen LogP contribution in [0.2, 0.25) is 5.15 Å². The van der Waals surface area contributed by atoms with Crippen molar-refractivity contribution in [3.63, 3.8) is 0 Å². The van der Waals surface area contributed by atoms with Gasteiger partial charge in [-0.15, -0.1) is 0 Å². The van der Waals surface area contributed by atoms with Gasteiger partial charge in [0, 0.05) is 6.20 Å². The van der Waals surface area contributed by atoms with E-state index in [1.54, 1.807) is 12.1 Å². The Morgan fingerprint density at radius 3 is 2.35 bits per heavy atom. The van der Waals surface area contributed by atoms with Crippen molar-refractivity contribution in [3.8, 4) is 0 Å². The molecular formula is C22H26ClN3O5. The van der Waals surface area contributed by atoms with E-state index in [2.05, 4.69) is 10.3 Å². The lowest BCUT2D eigenvalue weighted by Crippen LogP contribution is -2.48. The normalized spacial score (nSPS) is 22.3. The molecule has 1 aliphatic heterocycles. The Morgan fingerprint density at radius 2 is 1.81 bits per heavy atom. The van der Waals surface area contributed by atoms with Crippen molar-refractivity contribution in [2.45, 2.75) is 52.2 Å². The number of amides is 3. The summed E-state index contributed by atoms with van der Waals surface area (Å²) in [6.45, 7) is 5.20. The average Bonchev–Trinajstić information content (AvgIpc) is 2.98. The predicted octanol–water partition coefficient (Wildman–Crippen LogP) is 2.97. The minimum Gasteiger partial charge on any atom is -0.451 e. The number of nitrogens with zero attached hydrogens (tertiary/aromatic N) is 2. The number of esters is 1. The van der Waals surface area contributed by atoms with Crippen molar-refractivity contribution in [2.24, 2.45) is 17.8 Å². The standard InChI is InChI=1S/C22H26ClN3O5/c1-12(2)11-17(26-20(28)14-7-4-5-8-15(14)21(26)29)22(30)31-13(3)19(27)25-16-9-6-10-24-18(16)23/h4-6,9-10,12-15,17H,7-8,11H2,1-3H3,(H,25,27). The first-order valence-corrected chi connectivity index (χ1v) is 10.7. The summed E-state index contributed by atoms with van der Waals surface area (Å²) in [6.07, 6.45) is 5.33. The Morgan fingerprint density at radius 1 is 1.19 bits per heavy atom. The molecule has 9 heteroatoms. The van der Waals surface area contributed by atoms with Crippen molar-refractivity contribution in [1.82, 2.24) is 9.88 Å². The number of anilines is 1. The van der Waals surface area contributed by atoms with Crippen molar-refractivity contribution in [2.75, 3.05) is 5.32 Å². The molecule has 0 radical (unpaired) electrons. The second-order valence-electron chi connectivity index (χ2n) is 8.26. The van der Waals surface area contributed by atoms with Crippen LogP contribution in [0.5, 0.6) is 0 Å². The number of hydrogen-bond donors (Lipinski definition) is 1. The lowest BCUT2D eigenvalue weighted by Gasteiger charge is -2.27. The molecule has 4 atom stereocenters. The molecule has 166 valence electrons. The number of halogens is 1. The number of aromatic nitrogens is 1. The smallest absolute Gasteiger partial charge is 0.330 e. The van der Waals surface area contributed by atoms with E-state index in [0.29, 0.717) is 12.8 Å². The van der Waals surface area contributed by atoms with E-state index in [9.17, 15) is 19.2 Å². The summed E-state index contributed by atoms with van der Waals surface area (Å²) >= 11 is 5.94. The highest BCUT2D eigenvalue weighted by atomic mass is 35.5. The van der Waals surface area contributed by atoms with Crippen molar-refractivity contribution in [3.05, 3.63) is 35.6 Å². The van der Waals surface area contributed by atoms with Gasteiger partial charge in [0.1, 0.15) is 6.04 Å². The Kier molecular flexibility index (Phi) is 7.10. The zero-order chi connectivity index (χ0) is 22.7. The zero-order valence-electron chi connectivity index (χ0n) is 17.7. The number of imide groups is 1. The van der Waals surface area contributed by atoms with E-state index in [4.69, 9.17) is 16.3 Å². The molecule has 1 saturated heterocycles. The molecule has 2 aliphatic rings. The first-order valence-electron chi connectivity index (χ1n) is 10.3. The van der Waals surface area contributed by atoms with Gasteiger partial charge in [-0.05, 0) is 44.2 Å². The van der Waals surface area contributed by atoms with Gasteiger partial charge in [0.25, 0.3) is 5.91 Å². The van der Waals surface area contributed by atoms with Crippen LogP contribution in [-0.4, -0.2) is 45.7 Å². The lowest BCUT2D eigenvalue weighted by molar-refractivity contribution is -0.164. The van der Waals surface area contributed by atoms with Gasteiger partial charge in [0.2, 0.25) is 11.8 Å². The highest BCUT2D eigenvalue weighted by Gasteiger charge is 2.51. The summed E-state index contributed by atoms with van der Waals surface area (Å²) in [7, 11) is 0. The molecular weight excluding hydrogens is 422 g/mol. The van der Waals surface area contributed by atoms with Crippen LogP contribution in [0.4, 0.5) is 5.69 Å². The minimum absolute atomic E-state index is 0.0252. The van der Waals surface area contributed by atoms with E-state index in [1.165, 1.54) is 13.1 Å². The predicted molar refractivity (Wildman–Crippen MR) is 114 cm³/mol. The monoisotopic (exact) mass is 447 g/mol. The molecule has 4 unspecified atom stereocenters. The second-order valence-corrected chi connectivity index (χ2v) is 8.62. The number of ether oxygens (including phenoxy) is 1. The van der Waals surface area contributed by atoms with E-state index in [-0.39, 0.29) is 35.0 Å². The molecule has 3 rings (SSSR count). The van der Waals surface area contributed by atoms with Crippen LogP contribution in [0.15, 0.2) is 30.5 Å². The molecule has 1 fully saturated rings. The summed E-state index contributed by atoms with van der Waals surface area (Å²) in [5, 5.41) is 2.66. The van der Waals surface area contributed by atoms with Crippen LogP contribution in [0.25, 0.3) is 0 Å². The fourth-order valence-electron chi connectivity index (χ4n) is 3.91. The van der Waals surface area contributed by atoms with Gasteiger partial charge in [0.15, 0.2) is 11.3 Å². The maximum absolute atomic E-state index is 13.0. The van der Waals surface area contributed by atoms with Crippen molar-refractivity contribution in [1.29, 1.82) is 0 Å². The summed E-state index contributed by atoms with van der Waals surface area (Å²) in [6, 6.07) is 2.11. The van der Waals surface area contributed by atoms with Crippen molar-refractivity contribution < 1.29 is 23.9 Å². The summed E-state index contributed by atoms with van der Waals surface area (Å²) in [4.78, 5) is 56.3. The third kappa shape index (κ3) is 4.95. The van der Waals surface area contributed by atoms with Crippen LogP contribution in [0, 0.1) is 17.8 Å². The maximum Gasteiger partial charge on any atom is 0.330 e. The number of hydrogen-bond acceptors (Lipinski definition) is 6. The van der Waals surface area contributed by atoms with Crippen LogP contribution in [-0.2, 0) is 23.9 Å². The number of carbonyl (C=O) groups excluding carboxylic acids is 4. The first-order chi connectivity index (χ1) is 14.7. The third-order valence-corrected chi connectivity index (χ3v) is 5.80. The largest absolute Gasteiger partial charge is 0.451 e. The molecule has 1 aromatic heterocycles. The van der Waals surface area contributed by atoms with Gasteiger partial charge in [-0.1, -0.05) is 37.6 Å². The Hall–Kier alpha value is -2.74. The summed E-state index contributed by atoms with van der Waals surface area (Å²) < 4.78 is 5.37. The molecule has 1 N–H and O–H groups in total. The SMILES string of the molecule is CC(C)CC(C(=O)OC(C)C(=O)Nc1cccnc1Cl)N1C(=O)C2CC=CCC2C1=O. The van der Waals surface area contributed by atoms with Crippen LogP contribution in [0.3, 0.4) is 0 Å². The summed E-state index contributed by atoms with van der Waals surface area (Å²) in [5.74, 6) is -2.91. The quantitative estimate of drug-likeness (QED) is 0.298. The molecule has 8 nitrogen and oxygen atoms in total. The molecule has 0 bridgehead atoms. The fourth-order valence-corrected chi connectivity index (χ4v) is 4.07. The van der Waals surface area contributed by atoms with E-state index in [1.807, 2.05) is 26.0 Å². The van der Waals surface area contributed by atoms with Crippen LogP contribution in [0.1, 0.15) is 40.0 Å². The average molecular weight is 448 g/mol. The Bertz CT molecular complexity index is 890. The van der Waals surface area contributed by atoms with Gasteiger partial charge in [0.05, 0.1) is 17.5 Å². The maximum atomic E-state index is 13.0. The summed E-state index contributed by atoms with van der Waals surface area (Å²) in [5.41, 5.74) is 0.289. The highest BCUT2D eigenvalue weighted by molar-refractivity contribution is 6.32. The number of nitrogens with one attached hydrogen (secondary N) is 1. The zero-order valence-corrected chi connectivity index (χ0v) is 18.5. The number of carbonyl (C=O) groups is 4. The number of rotatable bonds is 7. The van der Waals surface area contributed by atoms with Crippen LogP contribution >= 0.6 is 11.6 Å². The first kappa shape index (κ1) is 22.9. The lowest BCUT2D eigenvalue weighted by atomic mass is 9.85. The molecule has 2 heterocycles. The topological polar surface area (TPSA) is 106 Å². The Balaban J connectivity index is 1.73. The molecule has 3 amide bonds. The van der Waals surface area contributed by atoms with E-state index >= 15 is 0 Å². The van der Waals surface area contributed by atoms with E-state index < -0.39 is 35.9 Å². The second kappa shape index (κ2) is 9.60. The van der Waals surface area contributed by atoms with Gasteiger partial charge in [-0.3, -0.25) is 19.3 Å². The van der Waals surface area contributed by atoms with Gasteiger partial charge >= 0.3 is 5.97 Å². The van der Waals surface area contributed by atoms with Gasteiger partial charge in [-0.2, -0.15) is 0 Å². The minimum atomic E-state index is -1.16. The number of fused-ring (bicyclic) bond motifs is 1. The van der Waals surface area contributed by atoms with Crippen molar-refractivity contribution >= 4 is 41.0 Å². The Labute approximate surface area is 186 Å². The molecule has 1 aliphatic carbocycles. The van der Waals surface area contributed by atoms with E-state index in [0.717, 1.165) is 4.90 Å². The highest BCUT2D eigenvalue weighted by Crippen LogP contribution is 2.37. The molecule has 1 aromatic rings. The molecule has 0 saturated carbocycles. The van der Waals surface area contributed by atoms with Crippen LogP contribution < -0.4 is 5.32 Å². The number of pyridine rings is 1. The number of likely N-dealkylation sites (tertiary alicyclic amines) is 1. The number of allylic oxidation sites excluding steroid dienone is 2. The molecule has 31 heavy (non-hydrogen) atoms. The van der Waals surface area contributed by atoms with Gasteiger partial charge < -0.3 is 10.1 Å². The fraction of sp³-hybridized carbons (Fsp3) is 0.500. The molecule has 0 aromatic carbocycles. The van der Waals surface area contributed by atoms with Gasteiger partial charge in [-0.25, -0.2) is 9.78 Å². The third-order valence-electron chi connectivity index (χ3n) is 5.50.